The number of hydrogen-bond acceptors (Lipinski definition) is 2. The van der Waals surface area contributed by atoms with E-state index in [4.69, 9.17) is 5.26 Å². The first-order valence-electron chi connectivity index (χ1n) is 6.91. The predicted molar refractivity (Wildman–Crippen MR) is 66.1 cm³/mol. The Morgan fingerprint density at radius 2 is 1.94 bits per heavy atom. The molecule has 1 saturated heterocycles. The van der Waals surface area contributed by atoms with Crippen molar-refractivity contribution in [3.05, 3.63) is 0 Å². The van der Waals surface area contributed by atoms with E-state index in [0.29, 0.717) is 5.91 Å². The molecule has 0 aromatic rings. The van der Waals surface area contributed by atoms with Crippen molar-refractivity contribution >= 4 is 5.91 Å². The number of nitriles is 1. The van der Waals surface area contributed by atoms with Crippen LogP contribution in [0.2, 0.25) is 0 Å². The molecule has 0 radical (unpaired) electrons. The topological polar surface area (TPSA) is 44.1 Å². The number of nitrogens with zero attached hydrogens (tertiary/aromatic N) is 2. The van der Waals surface area contributed by atoms with Gasteiger partial charge in [0.1, 0.15) is 0 Å². The van der Waals surface area contributed by atoms with E-state index in [1.165, 1.54) is 12.8 Å². The van der Waals surface area contributed by atoms with Gasteiger partial charge in [-0.1, -0.05) is 19.8 Å². The maximum absolute atomic E-state index is 12.6. The molecule has 3 heteroatoms. The number of likely N-dealkylation sites (tertiary alicyclic amines) is 1. The quantitative estimate of drug-likeness (QED) is 0.737. The summed E-state index contributed by atoms with van der Waals surface area (Å²) < 4.78 is 0. The van der Waals surface area contributed by atoms with Crippen LogP contribution in [0.3, 0.4) is 0 Å². The van der Waals surface area contributed by atoms with Crippen molar-refractivity contribution < 1.29 is 4.79 Å². The summed E-state index contributed by atoms with van der Waals surface area (Å²) in [6.07, 6.45) is 7.25. The van der Waals surface area contributed by atoms with Gasteiger partial charge in [-0.3, -0.25) is 4.79 Å². The minimum atomic E-state index is -0.0561. The lowest BCUT2D eigenvalue weighted by Gasteiger charge is -2.36. The van der Waals surface area contributed by atoms with Gasteiger partial charge in [0.05, 0.1) is 6.07 Å². The van der Waals surface area contributed by atoms with Crippen LogP contribution in [0, 0.1) is 22.7 Å². The Bertz CT molecular complexity index is 318. The zero-order valence-corrected chi connectivity index (χ0v) is 10.7. The highest BCUT2D eigenvalue weighted by molar-refractivity contribution is 5.83. The molecule has 0 atom stereocenters. The highest BCUT2D eigenvalue weighted by Crippen LogP contribution is 2.43. The fourth-order valence-electron chi connectivity index (χ4n) is 3.32. The average molecular weight is 234 g/mol. The summed E-state index contributed by atoms with van der Waals surface area (Å²) in [5.41, 5.74) is -0.0561. The summed E-state index contributed by atoms with van der Waals surface area (Å²) in [5.74, 6) is 0.536. The van der Waals surface area contributed by atoms with E-state index in [1.807, 2.05) is 4.90 Å². The molecular weight excluding hydrogens is 212 g/mol. The van der Waals surface area contributed by atoms with Gasteiger partial charge in [-0.15, -0.1) is 0 Å². The van der Waals surface area contributed by atoms with E-state index in [1.54, 1.807) is 0 Å². The van der Waals surface area contributed by atoms with Crippen molar-refractivity contribution in [2.75, 3.05) is 13.1 Å². The van der Waals surface area contributed by atoms with Crippen molar-refractivity contribution in [1.82, 2.24) is 4.90 Å². The van der Waals surface area contributed by atoms with Crippen LogP contribution in [0.15, 0.2) is 0 Å². The van der Waals surface area contributed by atoms with E-state index in [2.05, 4.69) is 13.0 Å². The summed E-state index contributed by atoms with van der Waals surface area (Å²) >= 11 is 0. The molecule has 1 amide bonds. The SMILES string of the molecule is CCC1(C(=O)N2CCC(C#N)CC2)CCCC1. The summed E-state index contributed by atoms with van der Waals surface area (Å²) in [6, 6.07) is 2.32. The fourth-order valence-corrected chi connectivity index (χ4v) is 3.32. The van der Waals surface area contributed by atoms with Gasteiger partial charge in [0.15, 0.2) is 0 Å². The summed E-state index contributed by atoms with van der Waals surface area (Å²) in [7, 11) is 0. The Kier molecular flexibility index (Phi) is 3.71. The largest absolute Gasteiger partial charge is 0.342 e. The molecule has 0 aromatic carbocycles. The Morgan fingerprint density at radius 3 is 2.41 bits per heavy atom. The second-order valence-corrected chi connectivity index (χ2v) is 5.54. The van der Waals surface area contributed by atoms with Crippen LogP contribution in [0.1, 0.15) is 51.9 Å². The minimum absolute atomic E-state index is 0.0561. The van der Waals surface area contributed by atoms with Crippen LogP contribution in [0.5, 0.6) is 0 Å². The van der Waals surface area contributed by atoms with Crippen LogP contribution in [-0.4, -0.2) is 23.9 Å². The molecule has 2 fully saturated rings. The van der Waals surface area contributed by atoms with Gasteiger partial charge in [0, 0.05) is 24.4 Å². The standard InChI is InChI=1S/C14H22N2O/c1-2-14(7-3-4-8-14)13(17)16-9-5-12(11-15)6-10-16/h12H,2-10H2,1H3. The maximum Gasteiger partial charge on any atom is 0.228 e. The lowest BCUT2D eigenvalue weighted by atomic mass is 9.81. The molecule has 3 nitrogen and oxygen atoms in total. The molecule has 1 heterocycles. The van der Waals surface area contributed by atoms with Crippen molar-refractivity contribution in [2.24, 2.45) is 11.3 Å². The smallest absolute Gasteiger partial charge is 0.228 e. The highest BCUT2D eigenvalue weighted by Gasteiger charge is 2.42. The third kappa shape index (κ3) is 2.31. The molecule has 2 rings (SSSR count). The third-order valence-corrected chi connectivity index (χ3v) is 4.66. The third-order valence-electron chi connectivity index (χ3n) is 4.66. The molecule has 0 bridgehead atoms. The first-order chi connectivity index (χ1) is 8.22. The van der Waals surface area contributed by atoms with Gasteiger partial charge in [-0.25, -0.2) is 0 Å². The first-order valence-corrected chi connectivity index (χ1v) is 6.91. The molecule has 1 saturated carbocycles. The van der Waals surface area contributed by atoms with Crippen LogP contribution in [-0.2, 0) is 4.79 Å². The van der Waals surface area contributed by atoms with E-state index in [0.717, 1.165) is 45.2 Å². The van der Waals surface area contributed by atoms with E-state index >= 15 is 0 Å². The second kappa shape index (κ2) is 5.08. The monoisotopic (exact) mass is 234 g/mol. The van der Waals surface area contributed by atoms with Gasteiger partial charge < -0.3 is 4.90 Å². The fraction of sp³-hybridized carbons (Fsp3) is 0.857. The molecular formula is C14H22N2O. The van der Waals surface area contributed by atoms with Crippen molar-refractivity contribution in [2.45, 2.75) is 51.9 Å². The second-order valence-electron chi connectivity index (χ2n) is 5.54. The average Bonchev–Trinajstić information content (AvgIpc) is 2.88. The number of carbonyl (C=O) groups excluding carboxylic acids is 1. The molecule has 0 spiro atoms. The first kappa shape index (κ1) is 12.4. The predicted octanol–water partition coefficient (Wildman–Crippen LogP) is 2.72. The highest BCUT2D eigenvalue weighted by atomic mass is 16.2. The summed E-state index contributed by atoms with van der Waals surface area (Å²) in [5, 5.41) is 8.87. The Labute approximate surface area is 104 Å². The molecule has 17 heavy (non-hydrogen) atoms. The Morgan fingerprint density at radius 1 is 1.35 bits per heavy atom. The number of hydrogen-bond donors (Lipinski definition) is 0. The number of carbonyl (C=O) groups is 1. The summed E-state index contributed by atoms with van der Waals surface area (Å²) in [4.78, 5) is 14.6. The van der Waals surface area contributed by atoms with E-state index in [-0.39, 0.29) is 11.3 Å². The molecule has 1 aliphatic heterocycles. The van der Waals surface area contributed by atoms with Crippen LogP contribution < -0.4 is 0 Å². The van der Waals surface area contributed by atoms with Crippen LogP contribution in [0.25, 0.3) is 0 Å². The zero-order chi connectivity index (χ0) is 12.3. The van der Waals surface area contributed by atoms with Crippen LogP contribution in [0.4, 0.5) is 0 Å². The molecule has 0 N–H and O–H groups in total. The molecule has 1 aliphatic carbocycles. The Balaban J connectivity index is 1.99. The summed E-state index contributed by atoms with van der Waals surface area (Å²) in [6.45, 7) is 3.73. The number of piperidine rings is 1. The van der Waals surface area contributed by atoms with Crippen molar-refractivity contribution in [3.63, 3.8) is 0 Å². The molecule has 0 aromatic heterocycles. The van der Waals surface area contributed by atoms with Crippen molar-refractivity contribution in [3.8, 4) is 6.07 Å². The minimum Gasteiger partial charge on any atom is -0.342 e. The molecule has 0 unspecified atom stereocenters. The van der Waals surface area contributed by atoms with Gasteiger partial charge in [-0.2, -0.15) is 5.26 Å². The van der Waals surface area contributed by atoms with Gasteiger partial charge >= 0.3 is 0 Å². The van der Waals surface area contributed by atoms with Gasteiger partial charge in [0.2, 0.25) is 5.91 Å². The van der Waals surface area contributed by atoms with Gasteiger partial charge in [0.25, 0.3) is 0 Å². The van der Waals surface area contributed by atoms with E-state index < -0.39 is 0 Å². The van der Waals surface area contributed by atoms with Crippen molar-refractivity contribution in [1.29, 1.82) is 5.26 Å². The lowest BCUT2D eigenvalue weighted by Crippen LogP contribution is -2.46. The number of amides is 1. The number of rotatable bonds is 2. The van der Waals surface area contributed by atoms with Crippen LogP contribution >= 0.6 is 0 Å². The Hall–Kier alpha value is -1.04. The normalized spacial score (nSPS) is 24.6. The molecule has 2 aliphatic rings. The zero-order valence-electron chi connectivity index (χ0n) is 10.7. The van der Waals surface area contributed by atoms with Gasteiger partial charge in [-0.05, 0) is 32.1 Å². The lowest BCUT2D eigenvalue weighted by molar-refractivity contribution is -0.143. The van der Waals surface area contributed by atoms with E-state index in [9.17, 15) is 4.79 Å². The maximum atomic E-state index is 12.6. The molecule has 94 valence electrons.